The first-order chi connectivity index (χ1) is 49.7. The minimum atomic E-state index is -1.15. The van der Waals surface area contributed by atoms with Gasteiger partial charge in [0.2, 0.25) is 0 Å². The fourth-order valence-corrected chi connectivity index (χ4v) is 7.12. The van der Waals surface area contributed by atoms with Crippen LogP contribution < -0.4 is 0 Å². The lowest BCUT2D eigenvalue weighted by Gasteiger charge is -2.21. The first-order valence-electron chi connectivity index (χ1n) is 37.6. The zero-order chi connectivity index (χ0) is 86.1. The highest BCUT2D eigenvalue weighted by Gasteiger charge is 2.30. The van der Waals surface area contributed by atoms with E-state index >= 15 is 0 Å². The number of ether oxygens (including phenoxy) is 7. The molecule has 0 spiro atoms. The highest BCUT2D eigenvalue weighted by molar-refractivity contribution is 5.90. The molecule has 0 amide bonds. The van der Waals surface area contributed by atoms with Crippen LogP contribution in [0.15, 0.2) is 66.7 Å². The summed E-state index contributed by atoms with van der Waals surface area (Å²) in [4.78, 5) is 79.8. The van der Waals surface area contributed by atoms with E-state index in [1.165, 1.54) is 36.4 Å². The summed E-state index contributed by atoms with van der Waals surface area (Å²) in [7, 11) is 0. The molecule has 0 aliphatic carbocycles. The van der Waals surface area contributed by atoms with Gasteiger partial charge in [-0.05, 0) is 245 Å². The Balaban J connectivity index is -0.000000588. The standard InChI is InChI=1S/C16H22O7.C13H18O4.C10H14O3.C10H14O2.4C9H18O2/c1-4-16(2,3)15(21)23-9-11(17)8-22-14(20)10-5-6-12(18)13(19)7-10;1-4-13(2,3)12(16)17-8-9-5-6-10(14)11(15)7-9;1-3-6(2)7-4-8(11)10(13)9(12)5-7;1-3-7(2)8-4-5-9(11)10(12)6-8;4*1-6-7(2)8(10)11-9(3,4)5/h5-7,11,17-19H,4,8-9H2,1-3H3;5-7,14-15H,4,8H2,1-3H3;4-6,11-13H,3H2,1-2H3;4-7,11-12H,3H2,1-2H3;4*7H,6H2,1-5H3. The van der Waals surface area contributed by atoms with E-state index in [0.717, 1.165) is 61.8 Å². The maximum atomic E-state index is 11.7. The van der Waals surface area contributed by atoms with Crippen molar-refractivity contribution in [2.75, 3.05) is 13.2 Å². The highest BCUT2D eigenvalue weighted by atomic mass is 16.6. The fraction of sp³-hybridized carbons (Fsp3) is 0.635. The second kappa shape index (κ2) is 50.9. The monoisotopic (exact) mass is 1540 g/mol. The van der Waals surface area contributed by atoms with E-state index in [0.29, 0.717) is 24.3 Å². The van der Waals surface area contributed by atoms with Crippen LogP contribution in [0.3, 0.4) is 0 Å². The molecule has 4 aromatic rings. The minimum Gasteiger partial charge on any atom is -0.504 e. The number of aliphatic hydroxyl groups is 1. The topological polar surface area (TPSA) is 386 Å². The number of aliphatic hydroxyl groups excluding tert-OH is 1. The van der Waals surface area contributed by atoms with Gasteiger partial charge in [0.05, 0.1) is 40.1 Å². The third kappa shape index (κ3) is 48.5. The van der Waals surface area contributed by atoms with Gasteiger partial charge < -0.3 is 84.2 Å². The molecule has 624 valence electrons. The van der Waals surface area contributed by atoms with Gasteiger partial charge in [0.1, 0.15) is 48.3 Å². The van der Waals surface area contributed by atoms with Crippen molar-refractivity contribution in [1.82, 2.24) is 0 Å². The molecule has 0 saturated carbocycles. The number of phenolic OH excluding ortho intramolecular Hbond substituents is 9. The molecule has 0 aromatic heterocycles. The van der Waals surface area contributed by atoms with Gasteiger partial charge in [-0.3, -0.25) is 28.8 Å². The SMILES string of the molecule is CCC(C)(C)C(=O)OCC(O)COC(=O)c1ccc(O)c(O)c1.CCC(C)(C)C(=O)OCc1ccc(O)c(O)c1.CCC(C)C(=O)OC(C)(C)C.CCC(C)C(=O)OC(C)(C)C.CCC(C)C(=O)OC(C)(C)C.CCC(C)C(=O)OC(C)(C)C.CCC(C)c1cc(O)c(O)c(O)c1.CCC(C)c1ccc(O)c(O)c1. The molecule has 0 saturated heterocycles. The normalized spacial score (nSPS) is 13.1. The second-order valence-electron chi connectivity index (χ2n) is 32.1. The number of esters is 7. The van der Waals surface area contributed by atoms with E-state index in [1.807, 2.05) is 186 Å². The highest BCUT2D eigenvalue weighted by Crippen LogP contribution is 2.38. The van der Waals surface area contributed by atoms with Crippen molar-refractivity contribution in [3.05, 3.63) is 89.0 Å². The van der Waals surface area contributed by atoms with E-state index in [1.54, 1.807) is 26.0 Å². The molecule has 4 aromatic carbocycles. The van der Waals surface area contributed by atoms with Crippen molar-refractivity contribution < 1.29 is 118 Å². The molecule has 7 unspecified atom stereocenters. The average Bonchev–Trinajstić information content (AvgIpc) is 0.853. The quantitative estimate of drug-likeness (QED) is 0.0187. The summed E-state index contributed by atoms with van der Waals surface area (Å²) in [6, 6.07) is 15.7. The van der Waals surface area contributed by atoms with Crippen LogP contribution in [0.5, 0.6) is 51.7 Å². The maximum absolute atomic E-state index is 11.7. The van der Waals surface area contributed by atoms with Crippen molar-refractivity contribution in [2.45, 2.75) is 306 Å². The van der Waals surface area contributed by atoms with Crippen molar-refractivity contribution >= 4 is 41.8 Å². The van der Waals surface area contributed by atoms with Gasteiger partial charge in [0.25, 0.3) is 0 Å². The van der Waals surface area contributed by atoms with Gasteiger partial charge in [-0.15, -0.1) is 0 Å². The number of benzene rings is 4. The van der Waals surface area contributed by atoms with E-state index in [9.17, 15) is 64.2 Å². The number of rotatable bonds is 23. The predicted molar refractivity (Wildman–Crippen MR) is 425 cm³/mol. The molecule has 109 heavy (non-hydrogen) atoms. The number of carbonyl (C=O) groups excluding carboxylic acids is 7. The number of carbonyl (C=O) groups is 7. The van der Waals surface area contributed by atoms with Crippen molar-refractivity contribution in [1.29, 1.82) is 0 Å². The molecule has 4 rings (SSSR count). The molecule has 0 aliphatic heterocycles. The lowest BCUT2D eigenvalue weighted by molar-refractivity contribution is -0.160. The zero-order valence-corrected chi connectivity index (χ0v) is 71.4. The molecule has 0 radical (unpaired) electrons. The lowest BCUT2D eigenvalue weighted by atomic mass is 9.91. The Morgan fingerprint density at radius 2 is 0.633 bits per heavy atom. The van der Waals surface area contributed by atoms with Crippen LogP contribution in [0.25, 0.3) is 0 Å². The third-order valence-corrected chi connectivity index (χ3v) is 16.4. The lowest BCUT2D eigenvalue weighted by Crippen LogP contribution is -2.31. The first kappa shape index (κ1) is 107. The van der Waals surface area contributed by atoms with Gasteiger partial charge in [0, 0.05) is 0 Å². The zero-order valence-electron chi connectivity index (χ0n) is 71.4. The fourth-order valence-electron chi connectivity index (χ4n) is 7.12. The molecule has 0 aliphatic rings. The molecule has 0 heterocycles. The molecular weight excluding hydrogens is 1400 g/mol. The number of phenols is 9. The van der Waals surface area contributed by atoms with Crippen LogP contribution in [0.4, 0.5) is 0 Å². The molecule has 0 bridgehead atoms. The minimum absolute atomic E-state index is 0.0224. The Kier molecular flexibility index (Phi) is 49.8. The second-order valence-corrected chi connectivity index (χ2v) is 32.1. The van der Waals surface area contributed by atoms with E-state index in [2.05, 4.69) is 13.8 Å². The van der Waals surface area contributed by atoms with Crippen molar-refractivity contribution in [3.63, 3.8) is 0 Å². The third-order valence-electron chi connectivity index (χ3n) is 16.4. The van der Waals surface area contributed by atoms with Crippen LogP contribution in [-0.2, 0) is 68.5 Å². The molecule has 24 heteroatoms. The summed E-state index contributed by atoms with van der Waals surface area (Å²) in [6.07, 6.45) is 5.47. The molecule has 10 N–H and O–H groups in total. The Hall–Kier alpha value is -8.67. The summed E-state index contributed by atoms with van der Waals surface area (Å²) >= 11 is 0. The van der Waals surface area contributed by atoms with Crippen LogP contribution >= 0.6 is 0 Å². The van der Waals surface area contributed by atoms with Gasteiger partial charge in [-0.1, -0.05) is 109 Å². The van der Waals surface area contributed by atoms with Crippen molar-refractivity contribution in [3.8, 4) is 51.7 Å². The Morgan fingerprint density at radius 1 is 0.339 bits per heavy atom. The Bertz CT molecular complexity index is 3180. The van der Waals surface area contributed by atoms with Crippen molar-refractivity contribution in [2.24, 2.45) is 34.5 Å². The van der Waals surface area contributed by atoms with Gasteiger partial charge in [0.15, 0.2) is 51.7 Å². The van der Waals surface area contributed by atoms with Gasteiger partial charge in [-0.25, -0.2) is 4.79 Å². The van der Waals surface area contributed by atoms with Gasteiger partial charge >= 0.3 is 41.8 Å². The van der Waals surface area contributed by atoms with Gasteiger partial charge in [-0.2, -0.15) is 0 Å². The summed E-state index contributed by atoms with van der Waals surface area (Å²) in [5, 5.41) is 92.3. The smallest absolute Gasteiger partial charge is 0.338 e. The number of hydrogen-bond donors (Lipinski definition) is 10. The van der Waals surface area contributed by atoms with E-state index in [4.69, 9.17) is 53.6 Å². The molecule has 7 atom stereocenters. The van der Waals surface area contributed by atoms with E-state index < -0.39 is 40.4 Å². The summed E-state index contributed by atoms with van der Waals surface area (Å²) in [5.41, 5.74) is 0.0290. The van der Waals surface area contributed by atoms with Crippen LogP contribution in [-0.4, -0.2) is 135 Å². The average molecular weight is 1550 g/mol. The largest absolute Gasteiger partial charge is 0.504 e. The van der Waals surface area contributed by atoms with Crippen LogP contribution in [0, 0.1) is 34.5 Å². The number of hydrogen-bond acceptors (Lipinski definition) is 24. The Morgan fingerprint density at radius 3 is 0.936 bits per heavy atom. The molecular formula is C85H140O24. The molecule has 24 nitrogen and oxygen atoms in total. The van der Waals surface area contributed by atoms with E-state index in [-0.39, 0.29) is 147 Å². The first-order valence-corrected chi connectivity index (χ1v) is 37.6. The van der Waals surface area contributed by atoms with Crippen LogP contribution in [0.2, 0.25) is 0 Å². The predicted octanol–water partition coefficient (Wildman–Crippen LogP) is 18.6. The number of aromatic hydroxyl groups is 9. The summed E-state index contributed by atoms with van der Waals surface area (Å²) in [5.74, 6) is -3.38. The maximum Gasteiger partial charge on any atom is 0.338 e. The molecule has 0 fully saturated rings. The Labute approximate surface area is 651 Å². The summed E-state index contributed by atoms with van der Waals surface area (Å²) in [6.45, 7) is 56.6. The van der Waals surface area contributed by atoms with Crippen LogP contribution in [0.1, 0.15) is 298 Å². The summed E-state index contributed by atoms with van der Waals surface area (Å²) < 4.78 is 35.6.